The molecule has 2 N–H and O–H groups in total. The van der Waals surface area contributed by atoms with Crippen molar-refractivity contribution in [2.75, 3.05) is 33.8 Å². The summed E-state index contributed by atoms with van der Waals surface area (Å²) in [7, 11) is 3.90. The van der Waals surface area contributed by atoms with Crippen molar-refractivity contribution in [2.45, 2.75) is 39.2 Å². The number of likely N-dealkylation sites (tertiary alicyclic amines) is 1. The van der Waals surface area contributed by atoms with Crippen LogP contribution >= 0.6 is 0 Å². The first-order valence-electron chi connectivity index (χ1n) is 11.7. The van der Waals surface area contributed by atoms with Gasteiger partial charge in [-0.3, -0.25) is 9.59 Å². The van der Waals surface area contributed by atoms with Crippen LogP contribution in [0, 0.1) is 6.92 Å². The molecule has 1 aliphatic rings. The van der Waals surface area contributed by atoms with E-state index in [2.05, 4.69) is 6.92 Å². The summed E-state index contributed by atoms with van der Waals surface area (Å²) >= 11 is 0. The quantitative estimate of drug-likeness (QED) is 0.235. The van der Waals surface area contributed by atoms with Crippen molar-refractivity contribution in [3.05, 3.63) is 64.7 Å². The van der Waals surface area contributed by atoms with Crippen molar-refractivity contribution in [2.24, 2.45) is 0 Å². The van der Waals surface area contributed by atoms with E-state index in [9.17, 15) is 19.8 Å². The average Bonchev–Trinajstić information content (AvgIpc) is 3.05. The molecule has 34 heavy (non-hydrogen) atoms. The Labute approximate surface area is 201 Å². The zero-order valence-corrected chi connectivity index (χ0v) is 20.4. The highest BCUT2D eigenvalue weighted by Crippen LogP contribution is 2.40. The summed E-state index contributed by atoms with van der Waals surface area (Å²) in [5.41, 5.74) is 2.00. The number of nitrogens with zero attached hydrogens (tertiary/aromatic N) is 2. The fourth-order valence-corrected chi connectivity index (χ4v) is 4.11. The van der Waals surface area contributed by atoms with Gasteiger partial charge in [0.1, 0.15) is 17.3 Å². The van der Waals surface area contributed by atoms with E-state index in [0.29, 0.717) is 30.7 Å². The minimum absolute atomic E-state index is 0.0552. The SMILES string of the molecule is CCCCOc1ccc(C(O)=C2C(=O)C(=O)N(CCCN(C)C)[C@@H]2c2ccc(O)cc2)cc1C. The van der Waals surface area contributed by atoms with E-state index in [1.807, 2.05) is 25.9 Å². The maximum absolute atomic E-state index is 13.1. The molecule has 1 atom stereocenters. The van der Waals surface area contributed by atoms with Gasteiger partial charge in [0, 0.05) is 12.1 Å². The number of hydrogen-bond acceptors (Lipinski definition) is 6. The molecule has 0 bridgehead atoms. The second-order valence-corrected chi connectivity index (χ2v) is 8.92. The first kappa shape index (κ1) is 25.3. The van der Waals surface area contributed by atoms with Crippen molar-refractivity contribution in [1.29, 1.82) is 0 Å². The molecule has 1 aliphatic heterocycles. The summed E-state index contributed by atoms with van der Waals surface area (Å²) in [4.78, 5) is 29.6. The Morgan fingerprint density at radius 3 is 2.41 bits per heavy atom. The fourth-order valence-electron chi connectivity index (χ4n) is 4.11. The third-order valence-electron chi connectivity index (χ3n) is 5.96. The van der Waals surface area contributed by atoms with Gasteiger partial charge < -0.3 is 24.7 Å². The lowest BCUT2D eigenvalue weighted by Crippen LogP contribution is -2.32. The van der Waals surface area contributed by atoms with Gasteiger partial charge in [0.25, 0.3) is 11.7 Å². The average molecular weight is 467 g/mol. The van der Waals surface area contributed by atoms with Gasteiger partial charge >= 0.3 is 0 Å². The van der Waals surface area contributed by atoms with Gasteiger partial charge in [-0.2, -0.15) is 0 Å². The summed E-state index contributed by atoms with van der Waals surface area (Å²) in [5.74, 6) is -0.738. The molecule has 1 amide bonds. The second kappa shape index (κ2) is 11.2. The minimum Gasteiger partial charge on any atom is -0.508 e. The third-order valence-corrected chi connectivity index (χ3v) is 5.96. The molecule has 7 nitrogen and oxygen atoms in total. The minimum atomic E-state index is -0.733. The molecular weight excluding hydrogens is 432 g/mol. The Hall–Kier alpha value is -3.32. The zero-order valence-electron chi connectivity index (χ0n) is 20.4. The van der Waals surface area contributed by atoms with Crippen molar-refractivity contribution < 1.29 is 24.5 Å². The highest BCUT2D eigenvalue weighted by Gasteiger charge is 2.45. The van der Waals surface area contributed by atoms with E-state index >= 15 is 0 Å². The molecule has 0 saturated carbocycles. The fraction of sp³-hybridized carbons (Fsp3) is 0.407. The van der Waals surface area contributed by atoms with Crippen molar-refractivity contribution in [1.82, 2.24) is 9.80 Å². The second-order valence-electron chi connectivity index (χ2n) is 8.92. The number of aryl methyl sites for hydroxylation is 1. The topological polar surface area (TPSA) is 90.3 Å². The lowest BCUT2D eigenvalue weighted by Gasteiger charge is -2.26. The number of Topliss-reactive ketones (excluding diaryl/α,β-unsaturated/α-hetero) is 1. The van der Waals surface area contributed by atoms with Crippen LogP contribution in [0.15, 0.2) is 48.0 Å². The molecular formula is C27H34N2O5. The first-order chi connectivity index (χ1) is 16.2. The Morgan fingerprint density at radius 2 is 1.79 bits per heavy atom. The standard InChI is InChI=1S/C27H34N2O5/c1-5-6-16-34-22-13-10-20(17-18(22)2)25(31)23-24(19-8-11-21(30)12-9-19)29(27(33)26(23)32)15-7-14-28(3)4/h8-13,17,24,30-31H,5-7,14-16H2,1-4H3/t24-/m1/s1. The van der Waals surface area contributed by atoms with Gasteiger partial charge in [-0.1, -0.05) is 25.5 Å². The van der Waals surface area contributed by atoms with Crippen LogP contribution in [0.1, 0.15) is 48.9 Å². The van der Waals surface area contributed by atoms with Gasteiger partial charge in [-0.15, -0.1) is 0 Å². The van der Waals surface area contributed by atoms with E-state index in [0.717, 1.165) is 30.7 Å². The van der Waals surface area contributed by atoms with Gasteiger partial charge in [0.15, 0.2) is 0 Å². The zero-order chi connectivity index (χ0) is 24.8. The number of hydrogen-bond donors (Lipinski definition) is 2. The van der Waals surface area contributed by atoms with Crippen LogP contribution in [0.2, 0.25) is 0 Å². The number of rotatable bonds is 10. The Balaban J connectivity index is 2.02. The molecule has 0 spiro atoms. The number of benzene rings is 2. The van der Waals surface area contributed by atoms with E-state index in [1.165, 1.54) is 17.0 Å². The molecule has 1 fully saturated rings. The lowest BCUT2D eigenvalue weighted by atomic mass is 9.94. The molecule has 0 aliphatic carbocycles. The van der Waals surface area contributed by atoms with Crippen LogP contribution in [0.5, 0.6) is 11.5 Å². The normalized spacial score (nSPS) is 17.6. The predicted octanol–water partition coefficient (Wildman–Crippen LogP) is 4.25. The van der Waals surface area contributed by atoms with Crippen LogP contribution in [-0.2, 0) is 9.59 Å². The number of unbranched alkanes of at least 4 members (excludes halogenated alkanes) is 1. The summed E-state index contributed by atoms with van der Waals surface area (Å²) in [6, 6.07) is 10.9. The Morgan fingerprint density at radius 1 is 1.09 bits per heavy atom. The summed E-state index contributed by atoms with van der Waals surface area (Å²) < 4.78 is 5.80. The summed E-state index contributed by atoms with van der Waals surface area (Å²) in [6.45, 7) is 5.72. The monoisotopic (exact) mass is 466 g/mol. The number of aliphatic hydroxyl groups excluding tert-OH is 1. The van der Waals surface area contributed by atoms with E-state index in [1.54, 1.807) is 30.3 Å². The van der Waals surface area contributed by atoms with Crippen LogP contribution in [-0.4, -0.2) is 65.5 Å². The Bertz CT molecular complexity index is 1060. The number of carbonyl (C=O) groups excluding carboxylic acids is 2. The van der Waals surface area contributed by atoms with Gasteiger partial charge in [0.2, 0.25) is 0 Å². The number of phenolic OH excluding ortho intramolecular Hbond substituents is 1. The van der Waals surface area contributed by atoms with Crippen molar-refractivity contribution in [3.8, 4) is 11.5 Å². The smallest absolute Gasteiger partial charge is 0.295 e. The van der Waals surface area contributed by atoms with Gasteiger partial charge in [-0.25, -0.2) is 0 Å². The number of phenols is 1. The molecule has 0 radical (unpaired) electrons. The number of aromatic hydroxyl groups is 1. The molecule has 1 saturated heterocycles. The lowest BCUT2D eigenvalue weighted by molar-refractivity contribution is -0.139. The van der Waals surface area contributed by atoms with Crippen molar-refractivity contribution in [3.63, 3.8) is 0 Å². The highest BCUT2D eigenvalue weighted by molar-refractivity contribution is 6.46. The molecule has 1 heterocycles. The number of carbonyl (C=O) groups is 2. The predicted molar refractivity (Wildman–Crippen MR) is 132 cm³/mol. The van der Waals surface area contributed by atoms with E-state index < -0.39 is 17.7 Å². The van der Waals surface area contributed by atoms with Crippen LogP contribution < -0.4 is 4.74 Å². The Kier molecular flexibility index (Phi) is 8.34. The number of aliphatic hydroxyl groups is 1. The van der Waals surface area contributed by atoms with Crippen molar-refractivity contribution >= 4 is 17.4 Å². The number of ketones is 1. The number of amides is 1. The van der Waals surface area contributed by atoms with Gasteiger partial charge in [0.05, 0.1) is 18.2 Å². The summed E-state index contributed by atoms with van der Waals surface area (Å²) in [6.07, 6.45) is 2.66. The van der Waals surface area contributed by atoms with E-state index in [4.69, 9.17) is 4.74 Å². The van der Waals surface area contributed by atoms with E-state index in [-0.39, 0.29) is 17.1 Å². The van der Waals surface area contributed by atoms with Crippen LogP contribution in [0.25, 0.3) is 5.76 Å². The molecule has 0 unspecified atom stereocenters. The maximum Gasteiger partial charge on any atom is 0.295 e. The molecule has 3 rings (SSSR count). The third kappa shape index (κ3) is 5.59. The maximum atomic E-state index is 13.1. The largest absolute Gasteiger partial charge is 0.508 e. The number of ether oxygens (including phenoxy) is 1. The van der Waals surface area contributed by atoms with Crippen LogP contribution in [0.3, 0.4) is 0 Å². The summed E-state index contributed by atoms with van der Waals surface area (Å²) in [5, 5.41) is 21.0. The van der Waals surface area contributed by atoms with Crippen LogP contribution in [0.4, 0.5) is 0 Å². The molecule has 2 aromatic rings. The molecule has 7 heteroatoms. The molecule has 2 aromatic carbocycles. The first-order valence-corrected chi connectivity index (χ1v) is 11.7. The highest BCUT2D eigenvalue weighted by atomic mass is 16.5. The molecule has 182 valence electrons. The molecule has 0 aromatic heterocycles. The van der Waals surface area contributed by atoms with Gasteiger partial charge in [-0.05, 0) is 81.9 Å².